The van der Waals surface area contributed by atoms with Gasteiger partial charge < -0.3 is 10.6 Å². The fourth-order valence-corrected chi connectivity index (χ4v) is 3.33. The fourth-order valence-electron chi connectivity index (χ4n) is 3.33. The summed E-state index contributed by atoms with van der Waals surface area (Å²) < 4.78 is 0. The van der Waals surface area contributed by atoms with Crippen molar-refractivity contribution in [2.24, 2.45) is 5.92 Å². The van der Waals surface area contributed by atoms with Crippen LogP contribution in [0.3, 0.4) is 0 Å². The highest BCUT2D eigenvalue weighted by Crippen LogP contribution is 2.21. The zero-order valence-electron chi connectivity index (χ0n) is 14.5. The summed E-state index contributed by atoms with van der Waals surface area (Å²) in [4.78, 5) is 12.5. The lowest BCUT2D eigenvalue weighted by Gasteiger charge is -2.21. The molecule has 2 unspecified atom stereocenters. The summed E-state index contributed by atoms with van der Waals surface area (Å²) in [5.74, 6) is 0.305. The van der Waals surface area contributed by atoms with Crippen LogP contribution in [0.4, 0.5) is 0 Å². The van der Waals surface area contributed by atoms with Crippen molar-refractivity contribution in [2.45, 2.75) is 31.7 Å². The molecule has 1 aliphatic rings. The van der Waals surface area contributed by atoms with Crippen LogP contribution in [0.2, 0.25) is 0 Å². The van der Waals surface area contributed by atoms with Gasteiger partial charge >= 0.3 is 0 Å². The van der Waals surface area contributed by atoms with Crippen molar-refractivity contribution in [1.82, 2.24) is 10.6 Å². The van der Waals surface area contributed by atoms with Gasteiger partial charge in [0, 0.05) is 6.54 Å². The van der Waals surface area contributed by atoms with E-state index in [1.165, 1.54) is 11.1 Å². The Labute approximate surface area is 156 Å². The molecule has 2 atom stereocenters. The van der Waals surface area contributed by atoms with E-state index in [1.807, 2.05) is 24.3 Å². The Morgan fingerprint density at radius 2 is 1.76 bits per heavy atom. The van der Waals surface area contributed by atoms with Crippen LogP contribution in [0.5, 0.6) is 0 Å². The van der Waals surface area contributed by atoms with Gasteiger partial charge in [0.25, 0.3) is 0 Å². The number of rotatable bonds is 7. The molecule has 2 aromatic carbocycles. The molecule has 0 radical (unpaired) electrons. The molecule has 0 aliphatic carbocycles. The third-order valence-electron chi connectivity index (χ3n) is 4.75. The maximum absolute atomic E-state index is 12.5. The summed E-state index contributed by atoms with van der Waals surface area (Å²) >= 11 is 0. The maximum Gasteiger partial charge on any atom is 0.224 e. The molecule has 134 valence electrons. The van der Waals surface area contributed by atoms with Gasteiger partial charge in [-0.1, -0.05) is 60.7 Å². The van der Waals surface area contributed by atoms with Crippen LogP contribution in [-0.4, -0.2) is 19.0 Å². The normalized spacial score (nSPS) is 17.5. The zero-order valence-corrected chi connectivity index (χ0v) is 15.3. The van der Waals surface area contributed by atoms with E-state index in [9.17, 15) is 4.79 Å². The molecule has 2 aromatic rings. The lowest BCUT2D eigenvalue weighted by Crippen LogP contribution is -2.35. The average molecular weight is 359 g/mol. The molecule has 3 nitrogen and oxygen atoms in total. The summed E-state index contributed by atoms with van der Waals surface area (Å²) in [5.41, 5.74) is 2.56. The van der Waals surface area contributed by atoms with Crippen LogP contribution in [0.1, 0.15) is 36.4 Å². The Morgan fingerprint density at radius 1 is 1.08 bits per heavy atom. The van der Waals surface area contributed by atoms with E-state index in [0.717, 1.165) is 38.8 Å². The Morgan fingerprint density at radius 3 is 2.40 bits per heavy atom. The Kier molecular flexibility index (Phi) is 7.96. The van der Waals surface area contributed by atoms with Crippen LogP contribution >= 0.6 is 12.4 Å². The minimum Gasteiger partial charge on any atom is -0.349 e. The summed E-state index contributed by atoms with van der Waals surface area (Å²) in [6.45, 7) is 1.75. The molecule has 0 bridgehead atoms. The van der Waals surface area contributed by atoms with Gasteiger partial charge in [0.1, 0.15) is 0 Å². The van der Waals surface area contributed by atoms with Gasteiger partial charge in [0.15, 0.2) is 0 Å². The number of hydrogen-bond donors (Lipinski definition) is 2. The van der Waals surface area contributed by atoms with E-state index in [-0.39, 0.29) is 30.3 Å². The van der Waals surface area contributed by atoms with E-state index < -0.39 is 0 Å². The van der Waals surface area contributed by atoms with Crippen LogP contribution in [0.25, 0.3) is 0 Å². The average Bonchev–Trinajstić information content (AvgIpc) is 3.17. The summed E-state index contributed by atoms with van der Waals surface area (Å²) in [6, 6.07) is 21.0. The van der Waals surface area contributed by atoms with Crippen molar-refractivity contribution >= 4 is 18.3 Å². The van der Waals surface area contributed by atoms with Gasteiger partial charge in [-0.15, -0.1) is 12.4 Å². The predicted molar refractivity (Wildman–Crippen MR) is 105 cm³/mol. The van der Waals surface area contributed by atoms with Crippen molar-refractivity contribution < 1.29 is 4.79 Å². The van der Waals surface area contributed by atoms with Crippen molar-refractivity contribution in [3.8, 4) is 0 Å². The molecule has 1 fully saturated rings. The van der Waals surface area contributed by atoms with Crippen molar-refractivity contribution in [3.05, 3.63) is 71.8 Å². The van der Waals surface area contributed by atoms with E-state index in [1.54, 1.807) is 0 Å². The second-order valence-electron chi connectivity index (χ2n) is 6.54. The molecule has 4 heteroatoms. The zero-order chi connectivity index (χ0) is 16.6. The number of halogens is 1. The molecule has 0 spiro atoms. The van der Waals surface area contributed by atoms with Crippen LogP contribution in [0.15, 0.2) is 60.7 Å². The quantitative estimate of drug-likeness (QED) is 0.788. The number of carbonyl (C=O) groups excluding carboxylic acids is 1. The molecule has 0 saturated carbocycles. The number of aryl methyl sites for hydroxylation is 1. The molecule has 1 aliphatic heterocycles. The standard InChI is InChI=1S/C21H26N2O.ClH/c24-21(19-14-15-22-16-19)23-20(18-11-5-2-6-12-18)13-7-10-17-8-3-1-4-9-17;/h1-6,8-9,11-12,19-20,22H,7,10,13-16H2,(H,23,24);1H. The highest BCUT2D eigenvalue weighted by Gasteiger charge is 2.24. The maximum atomic E-state index is 12.5. The molecular formula is C21H27ClN2O. The first-order chi connectivity index (χ1) is 11.8. The first-order valence-corrected chi connectivity index (χ1v) is 8.93. The first-order valence-electron chi connectivity index (χ1n) is 8.93. The van der Waals surface area contributed by atoms with Gasteiger partial charge in [0.05, 0.1) is 12.0 Å². The molecule has 25 heavy (non-hydrogen) atoms. The predicted octanol–water partition coefficient (Wildman–Crippen LogP) is 3.90. The number of amides is 1. The second-order valence-corrected chi connectivity index (χ2v) is 6.54. The van der Waals surface area contributed by atoms with E-state index >= 15 is 0 Å². The molecule has 3 rings (SSSR count). The molecule has 0 aromatic heterocycles. The van der Waals surface area contributed by atoms with Crippen molar-refractivity contribution in [2.75, 3.05) is 13.1 Å². The molecule has 1 heterocycles. The smallest absolute Gasteiger partial charge is 0.224 e. The molecule has 1 saturated heterocycles. The van der Waals surface area contributed by atoms with Crippen molar-refractivity contribution in [1.29, 1.82) is 0 Å². The molecule has 1 amide bonds. The third-order valence-corrected chi connectivity index (χ3v) is 4.75. The van der Waals surface area contributed by atoms with Crippen LogP contribution in [-0.2, 0) is 11.2 Å². The minimum atomic E-state index is 0. The number of hydrogen-bond acceptors (Lipinski definition) is 2. The lowest BCUT2D eigenvalue weighted by atomic mass is 9.98. The summed E-state index contributed by atoms with van der Waals surface area (Å²) in [5, 5.41) is 6.55. The van der Waals surface area contributed by atoms with Crippen LogP contribution in [0, 0.1) is 5.92 Å². The SMILES string of the molecule is Cl.O=C(NC(CCCc1ccccc1)c1ccccc1)C1CCNC1. The highest BCUT2D eigenvalue weighted by molar-refractivity contribution is 5.85. The lowest BCUT2D eigenvalue weighted by molar-refractivity contribution is -0.125. The number of nitrogens with one attached hydrogen (secondary N) is 2. The van der Waals surface area contributed by atoms with Gasteiger partial charge in [-0.05, 0) is 43.4 Å². The van der Waals surface area contributed by atoms with Crippen molar-refractivity contribution in [3.63, 3.8) is 0 Å². The van der Waals surface area contributed by atoms with Gasteiger partial charge in [-0.3, -0.25) is 4.79 Å². The Balaban J connectivity index is 0.00000225. The Bertz CT molecular complexity index is 627. The van der Waals surface area contributed by atoms with E-state index in [0.29, 0.717) is 0 Å². The second kappa shape index (κ2) is 10.2. The largest absolute Gasteiger partial charge is 0.349 e. The van der Waals surface area contributed by atoms with Gasteiger partial charge in [-0.25, -0.2) is 0 Å². The summed E-state index contributed by atoms with van der Waals surface area (Å²) in [6.07, 6.45) is 4.01. The number of benzene rings is 2. The minimum absolute atomic E-state index is 0. The van der Waals surface area contributed by atoms with Gasteiger partial charge in [-0.2, -0.15) is 0 Å². The Hall–Kier alpha value is -1.84. The highest BCUT2D eigenvalue weighted by atomic mass is 35.5. The fraction of sp³-hybridized carbons (Fsp3) is 0.381. The molecular weight excluding hydrogens is 332 g/mol. The third kappa shape index (κ3) is 5.87. The topological polar surface area (TPSA) is 41.1 Å². The van der Waals surface area contributed by atoms with E-state index in [4.69, 9.17) is 0 Å². The van der Waals surface area contributed by atoms with E-state index in [2.05, 4.69) is 47.0 Å². The summed E-state index contributed by atoms with van der Waals surface area (Å²) in [7, 11) is 0. The number of carbonyl (C=O) groups is 1. The van der Waals surface area contributed by atoms with Gasteiger partial charge in [0.2, 0.25) is 5.91 Å². The first kappa shape index (κ1) is 19.5. The van der Waals surface area contributed by atoms with Crippen LogP contribution < -0.4 is 10.6 Å². The molecule has 2 N–H and O–H groups in total. The monoisotopic (exact) mass is 358 g/mol.